The molecule has 1 nitrogen and oxygen atoms in total. The first-order chi connectivity index (χ1) is 6.98. The van der Waals surface area contributed by atoms with Crippen LogP contribution in [-0.2, 0) is 4.79 Å². The fraction of sp³-hybridized carbons (Fsp3) is 0.786. The molecular formula is C14H22O. The lowest BCUT2D eigenvalue weighted by molar-refractivity contribution is -0.130. The zero-order valence-electron chi connectivity index (χ0n) is 10.1. The summed E-state index contributed by atoms with van der Waals surface area (Å²) in [6, 6.07) is 0. The number of hydrogen-bond acceptors (Lipinski definition) is 1. The maximum atomic E-state index is 12.1. The van der Waals surface area contributed by atoms with Crippen molar-refractivity contribution in [1.29, 1.82) is 0 Å². The molecule has 0 N–H and O–H groups in total. The van der Waals surface area contributed by atoms with Crippen LogP contribution in [0.3, 0.4) is 0 Å². The number of hydrogen-bond donors (Lipinski definition) is 0. The van der Waals surface area contributed by atoms with Gasteiger partial charge in [-0.2, -0.15) is 0 Å². The molecule has 0 heterocycles. The quantitative estimate of drug-likeness (QED) is 0.553. The number of Topliss-reactive ketones (excluding diaryl/α,β-unsaturated/α-hetero) is 1. The van der Waals surface area contributed by atoms with Gasteiger partial charge in [0.25, 0.3) is 0 Å². The first-order valence-electron chi connectivity index (χ1n) is 6.16. The largest absolute Gasteiger partial charge is 0.299 e. The Morgan fingerprint density at radius 3 is 2.53 bits per heavy atom. The van der Waals surface area contributed by atoms with Crippen molar-refractivity contribution >= 4 is 5.78 Å². The Labute approximate surface area is 92.9 Å². The second-order valence-electron chi connectivity index (χ2n) is 6.28. The lowest BCUT2D eigenvalue weighted by Crippen LogP contribution is -2.38. The molecule has 0 spiro atoms. The van der Waals surface area contributed by atoms with Crippen LogP contribution in [0.1, 0.15) is 46.5 Å². The maximum Gasteiger partial charge on any atom is 0.136 e. The van der Waals surface area contributed by atoms with Crippen molar-refractivity contribution in [3.63, 3.8) is 0 Å². The summed E-state index contributed by atoms with van der Waals surface area (Å²) >= 11 is 0. The topological polar surface area (TPSA) is 17.1 Å². The average Bonchev–Trinajstić information content (AvgIpc) is 2.16. The monoisotopic (exact) mass is 206 g/mol. The van der Waals surface area contributed by atoms with Gasteiger partial charge in [0.1, 0.15) is 5.78 Å². The van der Waals surface area contributed by atoms with Crippen molar-refractivity contribution in [2.24, 2.45) is 23.2 Å². The van der Waals surface area contributed by atoms with Crippen LogP contribution in [0, 0.1) is 23.2 Å². The minimum atomic E-state index is 0.293. The molecule has 2 aliphatic rings. The zero-order valence-corrected chi connectivity index (χ0v) is 10.1. The SMILES string of the molecule is CC(C)(C)[C@H]1CC(=O)[C@@H]2CC=CC[C@@H]2C1. The van der Waals surface area contributed by atoms with Crippen LogP contribution < -0.4 is 0 Å². The second-order valence-corrected chi connectivity index (χ2v) is 6.28. The fourth-order valence-corrected chi connectivity index (χ4v) is 3.03. The Bertz CT molecular complexity index is 282. The summed E-state index contributed by atoms with van der Waals surface area (Å²) in [7, 11) is 0. The van der Waals surface area contributed by atoms with Crippen LogP contribution in [0.4, 0.5) is 0 Å². The van der Waals surface area contributed by atoms with Gasteiger partial charge in [0.05, 0.1) is 0 Å². The van der Waals surface area contributed by atoms with Gasteiger partial charge in [0, 0.05) is 12.3 Å². The van der Waals surface area contributed by atoms with E-state index in [1.54, 1.807) is 0 Å². The van der Waals surface area contributed by atoms with Gasteiger partial charge in [-0.05, 0) is 36.5 Å². The lowest BCUT2D eigenvalue weighted by Gasteiger charge is -2.41. The van der Waals surface area contributed by atoms with Crippen LogP contribution in [-0.4, -0.2) is 5.78 Å². The minimum Gasteiger partial charge on any atom is -0.299 e. The molecule has 0 aliphatic heterocycles. The lowest BCUT2D eigenvalue weighted by atomic mass is 9.62. The molecule has 1 saturated carbocycles. The number of carbonyl (C=O) groups excluding carboxylic acids is 1. The van der Waals surface area contributed by atoms with Gasteiger partial charge in [-0.1, -0.05) is 32.9 Å². The Morgan fingerprint density at radius 1 is 1.20 bits per heavy atom. The number of ketones is 1. The fourth-order valence-electron chi connectivity index (χ4n) is 3.03. The molecule has 0 aromatic carbocycles. The van der Waals surface area contributed by atoms with Crippen LogP contribution >= 0.6 is 0 Å². The molecule has 0 saturated heterocycles. The van der Waals surface area contributed by atoms with Crippen molar-refractivity contribution in [3.05, 3.63) is 12.2 Å². The van der Waals surface area contributed by atoms with Crippen molar-refractivity contribution < 1.29 is 4.79 Å². The third-order valence-corrected chi connectivity index (χ3v) is 4.24. The van der Waals surface area contributed by atoms with Crippen LogP contribution in [0.2, 0.25) is 0 Å². The standard InChI is InChI=1S/C14H22O/c1-14(2,3)11-8-10-6-4-5-7-12(10)13(15)9-11/h4-5,10-12H,6-9H2,1-3H3/t10-,11-,12-/m1/s1. The van der Waals surface area contributed by atoms with Crippen LogP contribution in [0.25, 0.3) is 0 Å². The minimum absolute atomic E-state index is 0.293. The van der Waals surface area contributed by atoms with Gasteiger partial charge in [-0.15, -0.1) is 0 Å². The summed E-state index contributed by atoms with van der Waals surface area (Å²) in [6.45, 7) is 6.80. The predicted octanol–water partition coefficient (Wildman–Crippen LogP) is 3.59. The van der Waals surface area contributed by atoms with Gasteiger partial charge in [0.2, 0.25) is 0 Å². The summed E-state index contributed by atoms with van der Waals surface area (Å²) in [5.74, 6) is 2.11. The van der Waals surface area contributed by atoms with Gasteiger partial charge in [-0.25, -0.2) is 0 Å². The highest BCUT2D eigenvalue weighted by Gasteiger charge is 2.40. The Hall–Kier alpha value is -0.590. The number of fused-ring (bicyclic) bond motifs is 1. The molecule has 15 heavy (non-hydrogen) atoms. The van der Waals surface area contributed by atoms with E-state index in [0.717, 1.165) is 19.3 Å². The molecule has 2 rings (SSSR count). The van der Waals surface area contributed by atoms with Gasteiger partial charge in [-0.3, -0.25) is 4.79 Å². The zero-order chi connectivity index (χ0) is 11.1. The highest BCUT2D eigenvalue weighted by Crippen LogP contribution is 2.44. The predicted molar refractivity (Wildman–Crippen MR) is 62.5 cm³/mol. The molecule has 1 heteroatoms. The second kappa shape index (κ2) is 3.77. The van der Waals surface area contributed by atoms with E-state index in [4.69, 9.17) is 0 Å². The normalized spacial score (nSPS) is 36.5. The summed E-state index contributed by atoms with van der Waals surface area (Å²) in [5, 5.41) is 0. The molecule has 3 atom stereocenters. The molecule has 0 aromatic rings. The van der Waals surface area contributed by atoms with Crippen molar-refractivity contribution in [2.45, 2.75) is 46.5 Å². The van der Waals surface area contributed by atoms with Crippen LogP contribution in [0.15, 0.2) is 12.2 Å². The van der Waals surface area contributed by atoms with E-state index in [-0.39, 0.29) is 0 Å². The molecule has 0 aromatic heterocycles. The summed E-state index contributed by atoms with van der Waals surface area (Å²) < 4.78 is 0. The highest BCUT2D eigenvalue weighted by atomic mass is 16.1. The van der Waals surface area contributed by atoms with E-state index in [0.29, 0.717) is 29.0 Å². The number of carbonyl (C=O) groups is 1. The molecule has 0 radical (unpaired) electrons. The van der Waals surface area contributed by atoms with Crippen molar-refractivity contribution in [2.75, 3.05) is 0 Å². The summed E-state index contributed by atoms with van der Waals surface area (Å²) in [4.78, 5) is 12.1. The van der Waals surface area contributed by atoms with E-state index < -0.39 is 0 Å². The summed E-state index contributed by atoms with van der Waals surface area (Å²) in [6.07, 6.45) is 8.65. The van der Waals surface area contributed by atoms with E-state index >= 15 is 0 Å². The summed E-state index contributed by atoms with van der Waals surface area (Å²) in [5.41, 5.74) is 0.293. The number of allylic oxidation sites excluding steroid dienone is 2. The Balaban J connectivity index is 2.12. The highest BCUT2D eigenvalue weighted by molar-refractivity contribution is 5.82. The van der Waals surface area contributed by atoms with Crippen LogP contribution in [0.5, 0.6) is 0 Å². The van der Waals surface area contributed by atoms with Gasteiger partial charge in [0.15, 0.2) is 0 Å². The van der Waals surface area contributed by atoms with Crippen molar-refractivity contribution in [1.82, 2.24) is 0 Å². The molecule has 1 fully saturated rings. The molecular weight excluding hydrogens is 184 g/mol. The molecule has 0 unspecified atom stereocenters. The molecule has 84 valence electrons. The van der Waals surface area contributed by atoms with Gasteiger partial charge >= 0.3 is 0 Å². The molecule has 0 bridgehead atoms. The Morgan fingerprint density at radius 2 is 1.87 bits per heavy atom. The van der Waals surface area contributed by atoms with Gasteiger partial charge < -0.3 is 0 Å². The first kappa shape index (κ1) is 10.9. The van der Waals surface area contributed by atoms with E-state index in [1.165, 1.54) is 6.42 Å². The Kier molecular flexibility index (Phi) is 2.74. The molecule has 0 amide bonds. The third kappa shape index (κ3) is 2.16. The molecule has 2 aliphatic carbocycles. The third-order valence-electron chi connectivity index (χ3n) is 4.24. The van der Waals surface area contributed by atoms with E-state index in [9.17, 15) is 4.79 Å². The van der Waals surface area contributed by atoms with Crippen molar-refractivity contribution in [3.8, 4) is 0 Å². The smallest absolute Gasteiger partial charge is 0.136 e. The van der Waals surface area contributed by atoms with E-state index in [1.807, 2.05) is 0 Å². The maximum absolute atomic E-state index is 12.1. The average molecular weight is 206 g/mol. The first-order valence-corrected chi connectivity index (χ1v) is 6.16. The number of rotatable bonds is 0. The van der Waals surface area contributed by atoms with E-state index in [2.05, 4.69) is 32.9 Å².